The molecule has 8 rings (SSSR count). The lowest BCUT2D eigenvalue weighted by molar-refractivity contribution is 0.415. The molecule has 0 unspecified atom stereocenters. The molecule has 0 saturated carbocycles. The summed E-state index contributed by atoms with van der Waals surface area (Å²) in [5.41, 5.74) is 8.92. The lowest BCUT2D eigenvalue weighted by atomic mass is 9.98. The first kappa shape index (κ1) is 28.9. The number of fused-ring (bicyclic) bond motifs is 3. The summed E-state index contributed by atoms with van der Waals surface area (Å²) in [6.45, 7) is 0. The van der Waals surface area contributed by atoms with Gasteiger partial charge in [0.15, 0.2) is 0 Å². The van der Waals surface area contributed by atoms with Crippen LogP contribution in [0.25, 0.3) is 61.5 Å². The predicted octanol–water partition coefficient (Wildman–Crippen LogP) is 9.58. The van der Waals surface area contributed by atoms with Crippen molar-refractivity contribution in [3.05, 3.63) is 151 Å². The summed E-state index contributed by atoms with van der Waals surface area (Å²) in [6.07, 6.45) is 0. The van der Waals surface area contributed by atoms with E-state index in [1.165, 1.54) is 0 Å². The quantitative estimate of drug-likeness (QED) is 0.173. The van der Waals surface area contributed by atoms with Crippen LogP contribution >= 0.6 is 0 Å². The third-order valence-electron chi connectivity index (χ3n) is 8.46. The average Bonchev–Trinajstić information content (AvgIpc) is 3.78. The Kier molecular flexibility index (Phi) is 7.40. The Bertz CT molecular complexity index is 2400. The molecule has 0 amide bonds. The van der Waals surface area contributed by atoms with Crippen molar-refractivity contribution in [3.63, 3.8) is 0 Å². The van der Waals surface area contributed by atoms with Gasteiger partial charge in [-0.2, -0.15) is 0 Å². The molecule has 0 aliphatic rings. The van der Waals surface area contributed by atoms with Gasteiger partial charge >= 0.3 is 0 Å². The summed E-state index contributed by atoms with van der Waals surface area (Å²) in [7, 11) is 3.38. The molecule has 0 aliphatic carbocycles. The van der Waals surface area contributed by atoms with Crippen molar-refractivity contribution in [2.24, 2.45) is 0 Å². The van der Waals surface area contributed by atoms with Gasteiger partial charge in [-0.3, -0.25) is 0 Å². The normalized spacial score (nSPS) is 11.0. The van der Waals surface area contributed by atoms with Gasteiger partial charge in [-0.05, 0) is 102 Å². The Morgan fingerprint density at radius 3 is 1.67 bits per heavy atom. The van der Waals surface area contributed by atoms with Crippen LogP contribution in [0.2, 0.25) is 0 Å². The van der Waals surface area contributed by atoms with Crippen LogP contribution < -0.4 is 9.47 Å². The summed E-state index contributed by atoms with van der Waals surface area (Å²) in [5.74, 6) is 9.26. The number of hydrogen-bond acceptors (Lipinski definition) is 5. The van der Waals surface area contributed by atoms with Gasteiger partial charge in [-0.15, -0.1) is 10.2 Å². The zero-order valence-electron chi connectivity index (χ0n) is 26.3. The molecule has 6 aromatic carbocycles. The van der Waals surface area contributed by atoms with E-state index in [1.54, 1.807) is 14.2 Å². The summed E-state index contributed by atoms with van der Waals surface area (Å²) in [6, 6.07) is 46.7. The number of rotatable bonds is 6. The third-order valence-corrected chi connectivity index (χ3v) is 8.46. The maximum atomic E-state index is 6.07. The minimum Gasteiger partial charge on any atom is -0.497 e. The van der Waals surface area contributed by atoms with E-state index in [0.29, 0.717) is 11.8 Å². The zero-order valence-corrected chi connectivity index (χ0v) is 26.3. The molecule has 8 aromatic rings. The Hall–Kier alpha value is -6.58. The molecule has 0 N–H and O–H groups in total. The van der Waals surface area contributed by atoms with Gasteiger partial charge in [-0.1, -0.05) is 60.4 Å². The van der Waals surface area contributed by atoms with E-state index in [2.05, 4.69) is 93.3 Å². The molecule has 0 saturated heterocycles. The largest absolute Gasteiger partial charge is 0.497 e. The van der Waals surface area contributed by atoms with Crippen molar-refractivity contribution < 1.29 is 13.9 Å². The van der Waals surface area contributed by atoms with Gasteiger partial charge in [0.05, 0.1) is 25.3 Å². The topological polar surface area (TPSA) is 62.3 Å². The summed E-state index contributed by atoms with van der Waals surface area (Å²) in [5, 5.41) is 10.8. The number of ether oxygens (including phenoxy) is 2. The van der Waals surface area contributed by atoms with Crippen LogP contribution in [-0.4, -0.2) is 29.0 Å². The van der Waals surface area contributed by atoms with Crippen LogP contribution in [-0.2, 0) is 0 Å². The maximum Gasteiger partial charge on any atom is 0.248 e. The highest BCUT2D eigenvalue weighted by Crippen LogP contribution is 2.36. The summed E-state index contributed by atoms with van der Waals surface area (Å²) < 4.78 is 19.4. The molecule has 0 aliphatic heterocycles. The summed E-state index contributed by atoms with van der Waals surface area (Å²) in [4.78, 5) is 0. The van der Waals surface area contributed by atoms with E-state index in [9.17, 15) is 0 Å². The lowest BCUT2D eigenvalue weighted by Gasteiger charge is -2.08. The number of nitrogens with zero attached hydrogens (tertiary/aromatic N) is 3. The second kappa shape index (κ2) is 12.3. The average molecular weight is 624 g/mol. The molecular formula is C42H29N3O3. The van der Waals surface area contributed by atoms with Crippen molar-refractivity contribution in [2.45, 2.75) is 0 Å². The molecule has 0 atom stereocenters. The standard InChI is InChI=1S/C42H29N3O3/c1-46-33-22-24-39-37(26-33)38-27-34(47-2)23-25-40(38)45(39)32-20-16-29(17-21-32)13-12-28-14-18-30(19-15-28)35-10-6-7-11-36(35)42-44-43-41(48-42)31-8-4-3-5-9-31/h3-11,14-27H,1-2H3. The molecular weight excluding hydrogens is 594 g/mol. The minimum absolute atomic E-state index is 0.483. The highest BCUT2D eigenvalue weighted by atomic mass is 16.5. The number of methoxy groups -OCH3 is 2. The molecule has 6 nitrogen and oxygen atoms in total. The molecule has 48 heavy (non-hydrogen) atoms. The Balaban J connectivity index is 1.05. The van der Waals surface area contributed by atoms with Gasteiger partial charge in [0.25, 0.3) is 0 Å². The van der Waals surface area contributed by atoms with Gasteiger partial charge in [0.2, 0.25) is 11.8 Å². The minimum atomic E-state index is 0.483. The molecule has 2 aromatic heterocycles. The molecule has 0 fully saturated rings. The van der Waals surface area contributed by atoms with Crippen molar-refractivity contribution in [2.75, 3.05) is 14.2 Å². The van der Waals surface area contributed by atoms with Crippen LogP contribution in [0, 0.1) is 11.8 Å². The van der Waals surface area contributed by atoms with E-state index in [-0.39, 0.29) is 0 Å². The molecule has 2 heterocycles. The van der Waals surface area contributed by atoms with E-state index < -0.39 is 0 Å². The number of aromatic nitrogens is 3. The summed E-state index contributed by atoms with van der Waals surface area (Å²) >= 11 is 0. The molecule has 0 spiro atoms. The SMILES string of the molecule is COc1ccc2c(c1)c1cc(OC)ccc1n2-c1ccc(C#Cc2ccc(-c3ccccc3-c3nnc(-c4ccccc4)o3)cc2)cc1. The van der Waals surface area contributed by atoms with Gasteiger partial charge in [0.1, 0.15) is 11.5 Å². The second-order valence-corrected chi connectivity index (χ2v) is 11.3. The Morgan fingerprint density at radius 1 is 0.521 bits per heavy atom. The second-order valence-electron chi connectivity index (χ2n) is 11.3. The fourth-order valence-corrected chi connectivity index (χ4v) is 6.04. The van der Waals surface area contributed by atoms with Crippen molar-refractivity contribution >= 4 is 21.8 Å². The third kappa shape index (κ3) is 5.34. The van der Waals surface area contributed by atoms with E-state index >= 15 is 0 Å². The number of benzene rings is 6. The molecule has 6 heteroatoms. The first-order valence-corrected chi connectivity index (χ1v) is 15.6. The van der Waals surface area contributed by atoms with Gasteiger partial charge < -0.3 is 18.5 Å². The molecule has 0 radical (unpaired) electrons. The highest BCUT2D eigenvalue weighted by molar-refractivity contribution is 6.10. The van der Waals surface area contributed by atoms with Crippen LogP contribution in [0.3, 0.4) is 0 Å². The molecule has 230 valence electrons. The van der Waals surface area contributed by atoms with E-state index in [1.807, 2.05) is 72.8 Å². The maximum absolute atomic E-state index is 6.07. The first-order valence-electron chi connectivity index (χ1n) is 15.6. The van der Waals surface area contributed by atoms with Crippen molar-refractivity contribution in [3.8, 4) is 63.1 Å². The first-order chi connectivity index (χ1) is 23.7. The predicted molar refractivity (Wildman–Crippen MR) is 190 cm³/mol. The Morgan fingerprint density at radius 2 is 1.06 bits per heavy atom. The number of hydrogen-bond donors (Lipinski definition) is 0. The van der Waals surface area contributed by atoms with Gasteiger partial charge in [-0.25, -0.2) is 0 Å². The lowest BCUT2D eigenvalue weighted by Crippen LogP contribution is -1.94. The smallest absolute Gasteiger partial charge is 0.248 e. The Labute approximate surface area is 277 Å². The zero-order chi connectivity index (χ0) is 32.5. The van der Waals surface area contributed by atoms with Gasteiger partial charge in [0, 0.05) is 38.7 Å². The van der Waals surface area contributed by atoms with E-state index in [4.69, 9.17) is 13.9 Å². The van der Waals surface area contributed by atoms with Crippen LogP contribution in [0.1, 0.15) is 11.1 Å². The van der Waals surface area contributed by atoms with Crippen molar-refractivity contribution in [1.29, 1.82) is 0 Å². The highest BCUT2D eigenvalue weighted by Gasteiger charge is 2.16. The monoisotopic (exact) mass is 623 g/mol. The molecule has 0 bridgehead atoms. The van der Waals surface area contributed by atoms with Crippen molar-refractivity contribution in [1.82, 2.24) is 14.8 Å². The van der Waals surface area contributed by atoms with E-state index in [0.717, 1.165) is 72.4 Å². The van der Waals surface area contributed by atoms with Crippen LogP contribution in [0.5, 0.6) is 11.5 Å². The fourth-order valence-electron chi connectivity index (χ4n) is 6.04. The van der Waals surface area contributed by atoms with Crippen LogP contribution in [0.4, 0.5) is 0 Å². The fraction of sp³-hybridized carbons (Fsp3) is 0.0476. The van der Waals surface area contributed by atoms with Crippen LogP contribution in [0.15, 0.2) is 144 Å².